The van der Waals surface area contributed by atoms with Gasteiger partial charge in [-0.1, -0.05) is 41.4 Å². The number of aromatic nitrogens is 3. The van der Waals surface area contributed by atoms with E-state index in [2.05, 4.69) is 30.9 Å². The van der Waals surface area contributed by atoms with Crippen molar-refractivity contribution >= 4 is 50.0 Å². The summed E-state index contributed by atoms with van der Waals surface area (Å²) in [6, 6.07) is 9.66. The number of benzene rings is 1. The molecule has 0 aliphatic heterocycles. The van der Waals surface area contributed by atoms with Crippen LogP contribution < -0.4 is 0 Å². The van der Waals surface area contributed by atoms with Crippen molar-refractivity contribution in [2.75, 3.05) is 0 Å². The molecule has 2 heterocycles. The van der Waals surface area contributed by atoms with E-state index in [1.54, 1.807) is 6.20 Å². The maximum Gasteiger partial charge on any atom is 0.164 e. The Kier molecular flexibility index (Phi) is 3.39. The van der Waals surface area contributed by atoms with E-state index in [4.69, 9.17) is 23.2 Å². The molecule has 6 heteroatoms. The molecule has 0 radical (unpaired) electrons. The third-order valence-corrected chi connectivity index (χ3v) is 4.40. The molecule has 0 saturated heterocycles. The van der Waals surface area contributed by atoms with Crippen molar-refractivity contribution in [2.24, 2.45) is 0 Å². The first-order chi connectivity index (χ1) is 9.16. The van der Waals surface area contributed by atoms with Crippen LogP contribution in [-0.4, -0.2) is 15.0 Å². The number of halogens is 3. The quantitative estimate of drug-likeness (QED) is 0.591. The molecular weight excluding hydrogens is 349 g/mol. The highest BCUT2D eigenvalue weighted by atomic mass is 79.9. The second kappa shape index (κ2) is 5.04. The fourth-order valence-electron chi connectivity index (χ4n) is 1.80. The summed E-state index contributed by atoms with van der Waals surface area (Å²) in [5.41, 5.74) is 1.62. The average Bonchev–Trinajstić information content (AvgIpc) is 2.43. The minimum absolute atomic E-state index is 0.280. The Balaban J connectivity index is 2.31. The van der Waals surface area contributed by atoms with Crippen LogP contribution in [-0.2, 0) is 0 Å². The lowest BCUT2D eigenvalue weighted by molar-refractivity contribution is 1.16. The molecule has 0 atom stereocenters. The zero-order valence-electron chi connectivity index (χ0n) is 9.44. The summed E-state index contributed by atoms with van der Waals surface area (Å²) in [6.07, 6.45) is 1.73. The number of pyridine rings is 1. The predicted molar refractivity (Wildman–Crippen MR) is 80.5 cm³/mol. The lowest BCUT2D eigenvalue weighted by Gasteiger charge is -2.06. The third kappa shape index (κ3) is 2.31. The molecule has 19 heavy (non-hydrogen) atoms. The van der Waals surface area contributed by atoms with Gasteiger partial charge in [0.15, 0.2) is 5.82 Å². The maximum absolute atomic E-state index is 6.02. The SMILES string of the molecule is Clc1nc(-c2cccc3cccnc23)nc(Cl)c1Br. The second-order valence-corrected chi connectivity index (χ2v) is 5.33. The fraction of sp³-hybridized carbons (Fsp3) is 0. The number of para-hydroxylation sites is 1. The lowest BCUT2D eigenvalue weighted by Crippen LogP contribution is -1.93. The summed E-state index contributed by atoms with van der Waals surface area (Å²) in [6.45, 7) is 0. The van der Waals surface area contributed by atoms with Crippen molar-refractivity contribution in [3.8, 4) is 11.4 Å². The molecule has 0 spiro atoms. The Morgan fingerprint density at radius 3 is 2.37 bits per heavy atom. The highest BCUT2D eigenvalue weighted by molar-refractivity contribution is 9.10. The Bertz CT molecular complexity index is 748. The van der Waals surface area contributed by atoms with Crippen LogP contribution in [0.3, 0.4) is 0 Å². The molecule has 0 aliphatic rings. The fourth-order valence-corrected chi connectivity index (χ4v) is 2.36. The number of rotatable bonds is 1. The van der Waals surface area contributed by atoms with Crippen LogP contribution in [0, 0.1) is 0 Å². The van der Waals surface area contributed by atoms with E-state index in [0.717, 1.165) is 16.5 Å². The van der Waals surface area contributed by atoms with Gasteiger partial charge in [-0.2, -0.15) is 0 Å². The summed E-state index contributed by atoms with van der Waals surface area (Å²) in [7, 11) is 0. The standard InChI is InChI=1S/C13H6BrCl2N3/c14-9-11(15)18-13(19-12(9)16)8-5-1-3-7-4-2-6-17-10(7)8/h1-6H. The molecule has 2 aromatic heterocycles. The average molecular weight is 355 g/mol. The normalized spacial score (nSPS) is 10.9. The minimum atomic E-state index is 0.280. The largest absolute Gasteiger partial charge is 0.255 e. The van der Waals surface area contributed by atoms with E-state index in [1.165, 1.54) is 0 Å². The summed E-state index contributed by atoms with van der Waals surface area (Å²) < 4.78 is 0.493. The highest BCUT2D eigenvalue weighted by Crippen LogP contribution is 2.31. The van der Waals surface area contributed by atoms with Crippen LogP contribution in [0.25, 0.3) is 22.3 Å². The van der Waals surface area contributed by atoms with Gasteiger partial charge in [-0.25, -0.2) is 9.97 Å². The molecule has 0 N–H and O–H groups in total. The van der Waals surface area contributed by atoms with Crippen LogP contribution in [0.1, 0.15) is 0 Å². The predicted octanol–water partition coefficient (Wildman–Crippen LogP) is 4.76. The van der Waals surface area contributed by atoms with E-state index in [-0.39, 0.29) is 10.3 Å². The molecule has 3 aromatic rings. The van der Waals surface area contributed by atoms with Crippen LogP contribution in [0.4, 0.5) is 0 Å². The van der Waals surface area contributed by atoms with Gasteiger partial charge in [0, 0.05) is 17.1 Å². The van der Waals surface area contributed by atoms with E-state index < -0.39 is 0 Å². The summed E-state index contributed by atoms with van der Waals surface area (Å²) in [4.78, 5) is 12.8. The Morgan fingerprint density at radius 1 is 0.947 bits per heavy atom. The summed E-state index contributed by atoms with van der Waals surface area (Å²) in [5, 5.41) is 1.57. The van der Waals surface area contributed by atoms with Gasteiger partial charge in [0.05, 0.1) is 9.99 Å². The minimum Gasteiger partial charge on any atom is -0.255 e. The van der Waals surface area contributed by atoms with Gasteiger partial charge in [-0.15, -0.1) is 0 Å². The summed E-state index contributed by atoms with van der Waals surface area (Å²) >= 11 is 15.3. The molecule has 1 aromatic carbocycles. The van der Waals surface area contributed by atoms with Gasteiger partial charge in [-0.05, 0) is 28.1 Å². The number of hydrogen-bond donors (Lipinski definition) is 0. The first-order valence-corrected chi connectivity index (χ1v) is 6.94. The van der Waals surface area contributed by atoms with Crippen LogP contribution >= 0.6 is 39.1 Å². The highest BCUT2D eigenvalue weighted by Gasteiger charge is 2.13. The van der Waals surface area contributed by atoms with Gasteiger partial charge >= 0.3 is 0 Å². The van der Waals surface area contributed by atoms with Crippen molar-refractivity contribution in [1.29, 1.82) is 0 Å². The molecular formula is C13H6BrCl2N3. The van der Waals surface area contributed by atoms with E-state index in [0.29, 0.717) is 10.3 Å². The van der Waals surface area contributed by atoms with Gasteiger partial charge in [0.25, 0.3) is 0 Å². The lowest BCUT2D eigenvalue weighted by atomic mass is 10.1. The molecule has 0 unspecified atom stereocenters. The molecule has 0 amide bonds. The van der Waals surface area contributed by atoms with Crippen molar-refractivity contribution in [3.63, 3.8) is 0 Å². The van der Waals surface area contributed by atoms with Crippen molar-refractivity contribution in [2.45, 2.75) is 0 Å². The molecule has 0 saturated carbocycles. The van der Waals surface area contributed by atoms with Crippen molar-refractivity contribution < 1.29 is 0 Å². The molecule has 0 bridgehead atoms. The van der Waals surface area contributed by atoms with Crippen molar-refractivity contribution in [3.05, 3.63) is 51.3 Å². The number of nitrogens with zero attached hydrogens (tertiary/aromatic N) is 3. The second-order valence-electron chi connectivity index (χ2n) is 3.82. The van der Waals surface area contributed by atoms with Gasteiger partial charge in [0.1, 0.15) is 10.3 Å². The molecule has 0 aliphatic carbocycles. The molecule has 0 fully saturated rings. The number of hydrogen-bond acceptors (Lipinski definition) is 3. The van der Waals surface area contributed by atoms with E-state index in [9.17, 15) is 0 Å². The van der Waals surface area contributed by atoms with E-state index in [1.807, 2.05) is 30.3 Å². The monoisotopic (exact) mass is 353 g/mol. The Hall–Kier alpha value is -1.23. The van der Waals surface area contributed by atoms with Crippen molar-refractivity contribution in [1.82, 2.24) is 15.0 Å². The van der Waals surface area contributed by atoms with E-state index >= 15 is 0 Å². The van der Waals surface area contributed by atoms with Gasteiger partial charge in [0.2, 0.25) is 0 Å². The smallest absolute Gasteiger partial charge is 0.164 e. The number of fused-ring (bicyclic) bond motifs is 1. The van der Waals surface area contributed by atoms with Gasteiger partial charge in [-0.3, -0.25) is 4.98 Å². The third-order valence-electron chi connectivity index (χ3n) is 2.64. The topological polar surface area (TPSA) is 38.7 Å². The zero-order chi connectivity index (χ0) is 13.4. The molecule has 3 nitrogen and oxygen atoms in total. The molecule has 3 rings (SSSR count). The zero-order valence-corrected chi connectivity index (χ0v) is 12.5. The van der Waals surface area contributed by atoms with Crippen LogP contribution in [0.15, 0.2) is 41.0 Å². The summed E-state index contributed by atoms with van der Waals surface area (Å²) in [5.74, 6) is 0.461. The van der Waals surface area contributed by atoms with Gasteiger partial charge < -0.3 is 0 Å². The maximum atomic E-state index is 6.02. The van der Waals surface area contributed by atoms with Crippen LogP contribution in [0.2, 0.25) is 10.3 Å². The first kappa shape index (κ1) is 12.8. The van der Waals surface area contributed by atoms with Crippen LogP contribution in [0.5, 0.6) is 0 Å². The molecule has 94 valence electrons. The first-order valence-electron chi connectivity index (χ1n) is 5.39. The Morgan fingerprint density at radius 2 is 1.63 bits per heavy atom. The Labute approximate surface area is 127 Å².